The van der Waals surface area contributed by atoms with Crippen LogP contribution in [0.1, 0.15) is 51.4 Å². The normalized spacial score (nSPS) is 43.1. The molecule has 2 bridgehead atoms. The molecule has 0 aromatic heterocycles. The monoisotopic (exact) mass is 250 g/mol. The molecular weight excluding hydrogens is 224 g/mol. The van der Waals surface area contributed by atoms with Gasteiger partial charge in [0, 0.05) is 12.6 Å². The SMILES string of the molecule is NC1CCCCC1C(=O)NCC1CC2CCC1C2. The Labute approximate surface area is 110 Å². The molecule has 0 aliphatic heterocycles. The van der Waals surface area contributed by atoms with Gasteiger partial charge in [-0.05, 0) is 49.9 Å². The zero-order valence-electron chi connectivity index (χ0n) is 11.2. The summed E-state index contributed by atoms with van der Waals surface area (Å²) in [6.45, 7) is 0.906. The van der Waals surface area contributed by atoms with Crippen molar-refractivity contribution >= 4 is 5.91 Å². The van der Waals surface area contributed by atoms with E-state index in [0.717, 1.165) is 37.1 Å². The van der Waals surface area contributed by atoms with Crippen LogP contribution in [0.25, 0.3) is 0 Å². The van der Waals surface area contributed by atoms with Gasteiger partial charge < -0.3 is 11.1 Å². The molecule has 0 heterocycles. The summed E-state index contributed by atoms with van der Waals surface area (Å²) in [6, 6.07) is 0.0961. The van der Waals surface area contributed by atoms with Gasteiger partial charge in [-0.1, -0.05) is 19.3 Å². The van der Waals surface area contributed by atoms with E-state index < -0.39 is 0 Å². The van der Waals surface area contributed by atoms with Gasteiger partial charge >= 0.3 is 0 Å². The molecule has 0 spiro atoms. The smallest absolute Gasteiger partial charge is 0.224 e. The summed E-state index contributed by atoms with van der Waals surface area (Å²) in [5.74, 6) is 2.93. The maximum Gasteiger partial charge on any atom is 0.224 e. The van der Waals surface area contributed by atoms with Gasteiger partial charge in [0.15, 0.2) is 0 Å². The summed E-state index contributed by atoms with van der Waals surface area (Å²) < 4.78 is 0. The summed E-state index contributed by atoms with van der Waals surface area (Å²) in [4.78, 5) is 12.2. The van der Waals surface area contributed by atoms with E-state index >= 15 is 0 Å². The van der Waals surface area contributed by atoms with Crippen molar-refractivity contribution < 1.29 is 4.79 Å². The first-order valence-corrected chi connectivity index (χ1v) is 7.77. The van der Waals surface area contributed by atoms with Gasteiger partial charge in [0.25, 0.3) is 0 Å². The van der Waals surface area contributed by atoms with Crippen molar-refractivity contribution in [3.8, 4) is 0 Å². The fraction of sp³-hybridized carbons (Fsp3) is 0.933. The Morgan fingerprint density at radius 2 is 1.94 bits per heavy atom. The maximum atomic E-state index is 12.2. The number of amides is 1. The van der Waals surface area contributed by atoms with Gasteiger partial charge in [0.2, 0.25) is 5.91 Å². The van der Waals surface area contributed by atoms with Crippen molar-refractivity contribution in [1.82, 2.24) is 5.32 Å². The summed E-state index contributed by atoms with van der Waals surface area (Å²) in [7, 11) is 0. The molecule has 5 atom stereocenters. The molecule has 3 heteroatoms. The van der Waals surface area contributed by atoms with Crippen molar-refractivity contribution in [3.05, 3.63) is 0 Å². The highest BCUT2D eigenvalue weighted by Gasteiger charge is 2.39. The Kier molecular flexibility index (Phi) is 3.60. The summed E-state index contributed by atoms with van der Waals surface area (Å²) in [5.41, 5.74) is 6.06. The Morgan fingerprint density at radius 3 is 2.61 bits per heavy atom. The quantitative estimate of drug-likeness (QED) is 0.805. The second kappa shape index (κ2) is 5.20. The molecule has 0 aromatic carbocycles. The van der Waals surface area contributed by atoms with Crippen LogP contribution in [0.4, 0.5) is 0 Å². The highest BCUT2D eigenvalue weighted by atomic mass is 16.1. The predicted octanol–water partition coefficient (Wildman–Crippen LogP) is 2.06. The van der Waals surface area contributed by atoms with Crippen molar-refractivity contribution in [2.45, 2.75) is 57.4 Å². The minimum Gasteiger partial charge on any atom is -0.356 e. The van der Waals surface area contributed by atoms with Gasteiger partial charge in [0.05, 0.1) is 5.92 Å². The zero-order chi connectivity index (χ0) is 12.5. The van der Waals surface area contributed by atoms with E-state index in [1.54, 1.807) is 0 Å². The lowest BCUT2D eigenvalue weighted by atomic mass is 9.84. The highest BCUT2D eigenvalue weighted by molar-refractivity contribution is 5.79. The van der Waals surface area contributed by atoms with E-state index in [0.29, 0.717) is 0 Å². The number of fused-ring (bicyclic) bond motifs is 2. The van der Waals surface area contributed by atoms with Crippen LogP contribution in [-0.2, 0) is 4.79 Å². The molecule has 3 rings (SSSR count). The lowest BCUT2D eigenvalue weighted by Gasteiger charge is -2.29. The van der Waals surface area contributed by atoms with Gasteiger partial charge in [-0.3, -0.25) is 4.79 Å². The molecule has 3 aliphatic rings. The van der Waals surface area contributed by atoms with Crippen LogP contribution in [0.15, 0.2) is 0 Å². The molecule has 1 amide bonds. The molecule has 3 aliphatic carbocycles. The number of carbonyl (C=O) groups excluding carboxylic acids is 1. The number of nitrogens with two attached hydrogens (primary N) is 1. The molecule has 3 fully saturated rings. The summed E-state index contributed by atoms with van der Waals surface area (Å²) in [5, 5.41) is 3.19. The molecular formula is C15H26N2O. The fourth-order valence-electron chi connectivity index (χ4n) is 4.47. The number of hydrogen-bond acceptors (Lipinski definition) is 2. The molecule has 3 N–H and O–H groups in total. The summed E-state index contributed by atoms with van der Waals surface area (Å²) in [6.07, 6.45) is 9.97. The van der Waals surface area contributed by atoms with Crippen LogP contribution >= 0.6 is 0 Å². The number of hydrogen-bond donors (Lipinski definition) is 2. The van der Waals surface area contributed by atoms with Crippen LogP contribution in [0, 0.1) is 23.7 Å². The van der Waals surface area contributed by atoms with Crippen molar-refractivity contribution in [1.29, 1.82) is 0 Å². The maximum absolute atomic E-state index is 12.2. The lowest BCUT2D eigenvalue weighted by molar-refractivity contribution is -0.126. The molecule has 3 saturated carbocycles. The van der Waals surface area contributed by atoms with Crippen LogP contribution < -0.4 is 11.1 Å². The number of rotatable bonds is 3. The van der Waals surface area contributed by atoms with Crippen LogP contribution in [0.5, 0.6) is 0 Å². The Morgan fingerprint density at radius 1 is 1.11 bits per heavy atom. The van der Waals surface area contributed by atoms with E-state index in [-0.39, 0.29) is 17.9 Å². The van der Waals surface area contributed by atoms with Gasteiger partial charge in [-0.25, -0.2) is 0 Å². The van der Waals surface area contributed by atoms with Gasteiger partial charge in [-0.15, -0.1) is 0 Å². The first-order valence-electron chi connectivity index (χ1n) is 7.77. The Balaban J connectivity index is 1.46. The largest absolute Gasteiger partial charge is 0.356 e. The third-order valence-electron chi connectivity index (χ3n) is 5.58. The summed E-state index contributed by atoms with van der Waals surface area (Å²) >= 11 is 0. The first-order chi connectivity index (χ1) is 8.74. The Hall–Kier alpha value is -0.570. The number of carbonyl (C=O) groups is 1. The predicted molar refractivity (Wildman–Crippen MR) is 71.9 cm³/mol. The minimum atomic E-state index is 0.0809. The average Bonchev–Trinajstić information content (AvgIpc) is 2.98. The van der Waals surface area contributed by atoms with E-state index in [1.165, 1.54) is 38.5 Å². The first kappa shape index (κ1) is 12.5. The fourth-order valence-corrected chi connectivity index (χ4v) is 4.47. The van der Waals surface area contributed by atoms with E-state index in [9.17, 15) is 4.79 Å². The standard InChI is InChI=1S/C15H26N2O/c16-14-4-2-1-3-13(14)15(18)17-9-12-8-10-5-6-11(12)7-10/h10-14H,1-9,16H2,(H,17,18). The van der Waals surface area contributed by atoms with E-state index in [4.69, 9.17) is 5.73 Å². The number of nitrogens with one attached hydrogen (secondary N) is 1. The minimum absolute atomic E-state index is 0.0809. The molecule has 18 heavy (non-hydrogen) atoms. The van der Waals surface area contributed by atoms with Gasteiger partial charge in [0.1, 0.15) is 0 Å². The molecule has 0 radical (unpaired) electrons. The van der Waals surface area contributed by atoms with Gasteiger partial charge in [-0.2, -0.15) is 0 Å². The van der Waals surface area contributed by atoms with Crippen molar-refractivity contribution in [2.75, 3.05) is 6.54 Å². The topological polar surface area (TPSA) is 55.1 Å². The molecule has 102 valence electrons. The lowest BCUT2D eigenvalue weighted by Crippen LogP contribution is -2.45. The van der Waals surface area contributed by atoms with E-state index in [2.05, 4.69) is 5.32 Å². The second-order valence-electron chi connectivity index (χ2n) is 6.73. The third-order valence-corrected chi connectivity index (χ3v) is 5.58. The van der Waals surface area contributed by atoms with Crippen LogP contribution in [-0.4, -0.2) is 18.5 Å². The third kappa shape index (κ3) is 2.42. The van der Waals surface area contributed by atoms with E-state index in [1.807, 2.05) is 0 Å². The van der Waals surface area contributed by atoms with Crippen molar-refractivity contribution in [3.63, 3.8) is 0 Å². The molecule has 3 nitrogen and oxygen atoms in total. The average molecular weight is 250 g/mol. The second-order valence-corrected chi connectivity index (χ2v) is 6.73. The molecule has 0 aromatic rings. The van der Waals surface area contributed by atoms with Crippen molar-refractivity contribution in [2.24, 2.45) is 29.4 Å². The van der Waals surface area contributed by atoms with Crippen LogP contribution in [0.3, 0.4) is 0 Å². The zero-order valence-corrected chi connectivity index (χ0v) is 11.2. The molecule has 5 unspecified atom stereocenters. The Bertz CT molecular complexity index is 318. The molecule has 0 saturated heterocycles. The highest BCUT2D eigenvalue weighted by Crippen LogP contribution is 2.47. The van der Waals surface area contributed by atoms with Crippen LogP contribution in [0.2, 0.25) is 0 Å².